The first-order valence-electron chi connectivity index (χ1n) is 10.5. The molecule has 0 atom stereocenters. The molecule has 1 saturated heterocycles. The number of nitrogens with one attached hydrogen (secondary N) is 1. The molecule has 4 rings (SSSR count). The van der Waals surface area contributed by atoms with E-state index in [1.807, 2.05) is 4.90 Å². The summed E-state index contributed by atoms with van der Waals surface area (Å²) >= 11 is 0. The van der Waals surface area contributed by atoms with Gasteiger partial charge in [-0.05, 0) is 63.1 Å². The molecule has 3 aliphatic rings. The van der Waals surface area contributed by atoms with Gasteiger partial charge in [-0.3, -0.25) is 9.59 Å². The largest absolute Gasteiger partial charge is 0.368 e. The molecule has 5 nitrogen and oxygen atoms in total. The summed E-state index contributed by atoms with van der Waals surface area (Å²) in [4.78, 5) is 29.5. The SMILES string of the molecule is Cc1cccc(N2CCN(C(=O)C3CCC(C(=O)NC4CC4)CC3)CC2)c1. The van der Waals surface area contributed by atoms with Crippen molar-refractivity contribution < 1.29 is 9.59 Å². The van der Waals surface area contributed by atoms with E-state index < -0.39 is 0 Å². The highest BCUT2D eigenvalue weighted by atomic mass is 16.2. The number of carbonyl (C=O) groups excluding carboxylic acids is 2. The van der Waals surface area contributed by atoms with Crippen LogP contribution in [0, 0.1) is 18.8 Å². The van der Waals surface area contributed by atoms with Crippen molar-refractivity contribution >= 4 is 17.5 Å². The van der Waals surface area contributed by atoms with Crippen molar-refractivity contribution in [1.82, 2.24) is 10.2 Å². The molecule has 2 saturated carbocycles. The van der Waals surface area contributed by atoms with E-state index in [1.165, 1.54) is 11.3 Å². The van der Waals surface area contributed by atoms with Gasteiger partial charge in [0.2, 0.25) is 11.8 Å². The topological polar surface area (TPSA) is 52.7 Å². The summed E-state index contributed by atoms with van der Waals surface area (Å²) in [5.74, 6) is 0.753. The second-order valence-corrected chi connectivity index (χ2v) is 8.48. The van der Waals surface area contributed by atoms with Gasteiger partial charge in [-0.1, -0.05) is 12.1 Å². The van der Waals surface area contributed by atoms with Crippen LogP contribution < -0.4 is 10.2 Å². The van der Waals surface area contributed by atoms with Crippen LogP contribution in [0.3, 0.4) is 0 Å². The Morgan fingerprint density at radius 2 is 1.59 bits per heavy atom. The van der Waals surface area contributed by atoms with Crippen LogP contribution in [0.1, 0.15) is 44.1 Å². The zero-order valence-electron chi connectivity index (χ0n) is 16.3. The number of piperazine rings is 1. The van der Waals surface area contributed by atoms with Gasteiger partial charge >= 0.3 is 0 Å². The van der Waals surface area contributed by atoms with E-state index in [-0.39, 0.29) is 17.7 Å². The highest BCUT2D eigenvalue weighted by Gasteiger charge is 2.34. The van der Waals surface area contributed by atoms with E-state index >= 15 is 0 Å². The van der Waals surface area contributed by atoms with Gasteiger partial charge < -0.3 is 15.1 Å². The fourth-order valence-electron chi connectivity index (χ4n) is 4.42. The van der Waals surface area contributed by atoms with Crippen LogP contribution >= 0.6 is 0 Å². The minimum absolute atomic E-state index is 0.112. The monoisotopic (exact) mass is 369 g/mol. The summed E-state index contributed by atoms with van der Waals surface area (Å²) in [6.45, 7) is 5.51. The lowest BCUT2D eigenvalue weighted by molar-refractivity contribution is -0.138. The first-order chi connectivity index (χ1) is 13.1. The van der Waals surface area contributed by atoms with E-state index in [0.29, 0.717) is 11.9 Å². The molecule has 3 fully saturated rings. The summed E-state index contributed by atoms with van der Waals surface area (Å²) in [6, 6.07) is 9.01. The highest BCUT2D eigenvalue weighted by Crippen LogP contribution is 2.31. The molecule has 146 valence electrons. The van der Waals surface area contributed by atoms with Crippen molar-refractivity contribution in [3.8, 4) is 0 Å². The van der Waals surface area contributed by atoms with Crippen LogP contribution in [0.4, 0.5) is 5.69 Å². The number of amides is 2. The Hall–Kier alpha value is -2.04. The quantitative estimate of drug-likeness (QED) is 0.888. The van der Waals surface area contributed by atoms with Gasteiger partial charge in [0.25, 0.3) is 0 Å². The smallest absolute Gasteiger partial charge is 0.225 e. The van der Waals surface area contributed by atoms with Gasteiger partial charge in [-0.15, -0.1) is 0 Å². The fourth-order valence-corrected chi connectivity index (χ4v) is 4.42. The van der Waals surface area contributed by atoms with Gasteiger partial charge in [0.1, 0.15) is 0 Å². The Balaban J connectivity index is 1.24. The standard InChI is InChI=1S/C22H31N3O2/c1-16-3-2-4-20(15-16)24-11-13-25(14-12-24)22(27)18-7-5-17(6-8-18)21(26)23-19-9-10-19/h2-4,15,17-19H,5-14H2,1H3,(H,23,26). The summed E-state index contributed by atoms with van der Waals surface area (Å²) < 4.78 is 0. The maximum atomic E-state index is 12.9. The Morgan fingerprint density at radius 1 is 0.926 bits per heavy atom. The number of benzene rings is 1. The molecule has 1 N–H and O–H groups in total. The first-order valence-corrected chi connectivity index (χ1v) is 10.5. The zero-order valence-corrected chi connectivity index (χ0v) is 16.3. The Bertz CT molecular complexity index is 685. The summed E-state index contributed by atoms with van der Waals surface area (Å²) in [7, 11) is 0. The van der Waals surface area contributed by atoms with Crippen LogP contribution in [0.15, 0.2) is 24.3 Å². The third-order valence-electron chi connectivity index (χ3n) is 6.33. The third-order valence-corrected chi connectivity index (χ3v) is 6.33. The molecule has 1 heterocycles. The van der Waals surface area contributed by atoms with Crippen LogP contribution in [0.5, 0.6) is 0 Å². The summed E-state index contributed by atoms with van der Waals surface area (Å²) in [5, 5.41) is 3.12. The molecular formula is C22H31N3O2. The predicted molar refractivity (Wildman–Crippen MR) is 107 cm³/mol. The molecule has 0 spiro atoms. The Kier molecular flexibility index (Phi) is 5.37. The number of carbonyl (C=O) groups is 2. The number of aryl methyl sites for hydroxylation is 1. The fraction of sp³-hybridized carbons (Fsp3) is 0.636. The van der Waals surface area contributed by atoms with Crippen LogP contribution in [0.2, 0.25) is 0 Å². The number of hydrogen-bond donors (Lipinski definition) is 1. The highest BCUT2D eigenvalue weighted by molar-refractivity contribution is 5.81. The van der Waals surface area contributed by atoms with Crippen molar-refractivity contribution in [3.63, 3.8) is 0 Å². The average Bonchev–Trinajstić information content (AvgIpc) is 3.52. The van der Waals surface area contributed by atoms with E-state index in [1.54, 1.807) is 0 Å². The molecule has 0 unspecified atom stereocenters. The van der Waals surface area contributed by atoms with Crippen molar-refractivity contribution in [2.24, 2.45) is 11.8 Å². The molecule has 27 heavy (non-hydrogen) atoms. The van der Waals surface area contributed by atoms with Crippen LogP contribution in [-0.2, 0) is 9.59 Å². The normalized spacial score (nSPS) is 26.0. The van der Waals surface area contributed by atoms with Gasteiger partial charge in [0.15, 0.2) is 0 Å². The molecule has 0 aromatic heterocycles. The number of rotatable bonds is 4. The zero-order chi connectivity index (χ0) is 18.8. The van der Waals surface area contributed by atoms with E-state index in [0.717, 1.165) is 64.7 Å². The molecule has 5 heteroatoms. The van der Waals surface area contributed by atoms with Crippen molar-refractivity contribution in [3.05, 3.63) is 29.8 Å². The number of hydrogen-bond acceptors (Lipinski definition) is 3. The second-order valence-electron chi connectivity index (χ2n) is 8.48. The minimum Gasteiger partial charge on any atom is -0.368 e. The van der Waals surface area contributed by atoms with E-state index in [4.69, 9.17) is 0 Å². The van der Waals surface area contributed by atoms with Gasteiger partial charge in [-0.25, -0.2) is 0 Å². The van der Waals surface area contributed by atoms with E-state index in [9.17, 15) is 9.59 Å². The lowest BCUT2D eigenvalue weighted by Gasteiger charge is -2.38. The summed E-state index contributed by atoms with van der Waals surface area (Å²) in [6.07, 6.45) is 5.71. The number of anilines is 1. The van der Waals surface area contributed by atoms with Crippen molar-refractivity contribution in [2.45, 2.75) is 51.5 Å². The maximum Gasteiger partial charge on any atom is 0.225 e. The molecular weight excluding hydrogens is 338 g/mol. The van der Waals surface area contributed by atoms with Crippen molar-refractivity contribution in [1.29, 1.82) is 0 Å². The molecule has 2 aliphatic carbocycles. The van der Waals surface area contributed by atoms with Crippen LogP contribution in [-0.4, -0.2) is 48.9 Å². The number of nitrogens with zero attached hydrogens (tertiary/aromatic N) is 2. The second kappa shape index (κ2) is 7.91. The lowest BCUT2D eigenvalue weighted by Crippen LogP contribution is -2.51. The van der Waals surface area contributed by atoms with Gasteiger partial charge in [0, 0.05) is 49.7 Å². The summed E-state index contributed by atoms with van der Waals surface area (Å²) in [5.41, 5.74) is 2.53. The molecule has 1 aromatic rings. The molecule has 0 radical (unpaired) electrons. The van der Waals surface area contributed by atoms with E-state index in [2.05, 4.69) is 41.4 Å². The average molecular weight is 370 g/mol. The maximum absolute atomic E-state index is 12.9. The first kappa shape index (κ1) is 18.3. The third kappa shape index (κ3) is 4.45. The van der Waals surface area contributed by atoms with Crippen LogP contribution in [0.25, 0.3) is 0 Å². The molecule has 2 amide bonds. The molecule has 0 bridgehead atoms. The predicted octanol–water partition coefficient (Wildman–Crippen LogP) is 2.73. The molecule has 1 aliphatic heterocycles. The molecule has 1 aromatic carbocycles. The minimum atomic E-state index is 0.112. The van der Waals surface area contributed by atoms with Gasteiger partial charge in [-0.2, -0.15) is 0 Å². The Morgan fingerprint density at radius 3 is 2.22 bits per heavy atom. The van der Waals surface area contributed by atoms with Crippen molar-refractivity contribution in [2.75, 3.05) is 31.1 Å². The lowest BCUT2D eigenvalue weighted by atomic mass is 9.81. The van der Waals surface area contributed by atoms with Gasteiger partial charge in [0.05, 0.1) is 0 Å². The Labute approximate surface area is 162 Å².